The van der Waals surface area contributed by atoms with Crippen LogP contribution in [0.5, 0.6) is 17.2 Å². The third kappa shape index (κ3) is 3.33. The topological polar surface area (TPSA) is 83.6 Å². The first kappa shape index (κ1) is 18.7. The Morgan fingerprint density at radius 2 is 1.77 bits per heavy atom. The number of fused-ring (bicyclic) bond motifs is 3. The smallest absolute Gasteiger partial charge is 0.140 e. The third-order valence-corrected chi connectivity index (χ3v) is 7.20. The lowest BCUT2D eigenvalue weighted by Gasteiger charge is -2.38. The first-order valence-corrected chi connectivity index (χ1v) is 11.0. The molecule has 2 fully saturated rings. The number of ether oxygens (including phenoxy) is 1. The highest BCUT2D eigenvalue weighted by Gasteiger charge is 2.44. The summed E-state index contributed by atoms with van der Waals surface area (Å²) < 4.78 is 8.24. The maximum Gasteiger partial charge on any atom is 0.140 e. The number of benzene rings is 2. The highest BCUT2D eigenvalue weighted by molar-refractivity contribution is 5.51. The molecular weight excluding hydrogens is 392 g/mol. The van der Waals surface area contributed by atoms with Crippen molar-refractivity contribution in [3.05, 3.63) is 60.2 Å². The molecule has 2 heterocycles. The number of aromatic hydroxyl groups is 2. The van der Waals surface area contributed by atoms with Gasteiger partial charge in [0, 0.05) is 30.3 Å². The highest BCUT2D eigenvalue weighted by Crippen LogP contribution is 2.46. The van der Waals surface area contributed by atoms with Gasteiger partial charge in [-0.25, -0.2) is 9.67 Å². The fourth-order valence-electron chi connectivity index (χ4n) is 5.81. The summed E-state index contributed by atoms with van der Waals surface area (Å²) in [5.74, 6) is 2.53. The largest absolute Gasteiger partial charge is 0.508 e. The monoisotopic (exact) mass is 418 g/mol. The van der Waals surface area contributed by atoms with Crippen LogP contribution in [-0.2, 0) is 6.42 Å². The molecule has 6 rings (SSSR count). The summed E-state index contributed by atoms with van der Waals surface area (Å²) in [7, 11) is 0. The van der Waals surface area contributed by atoms with Crippen LogP contribution in [0.2, 0.25) is 0 Å². The van der Waals surface area contributed by atoms with Crippen molar-refractivity contribution in [3.63, 3.8) is 0 Å². The highest BCUT2D eigenvalue weighted by atomic mass is 16.5. The van der Waals surface area contributed by atoms with Crippen LogP contribution in [0, 0.1) is 11.8 Å². The molecule has 7 nitrogen and oxygen atoms in total. The zero-order valence-electron chi connectivity index (χ0n) is 17.3. The van der Waals surface area contributed by atoms with E-state index in [1.165, 1.54) is 31.7 Å². The summed E-state index contributed by atoms with van der Waals surface area (Å²) in [6, 6.07) is 11.1. The van der Waals surface area contributed by atoms with Gasteiger partial charge < -0.3 is 14.9 Å². The van der Waals surface area contributed by atoms with Gasteiger partial charge in [-0.05, 0) is 67.9 Å². The van der Waals surface area contributed by atoms with E-state index in [2.05, 4.69) is 15.0 Å². The lowest BCUT2D eigenvalue weighted by molar-refractivity contribution is 0.0439. The van der Waals surface area contributed by atoms with Crippen molar-refractivity contribution in [1.29, 1.82) is 0 Å². The van der Waals surface area contributed by atoms with Crippen LogP contribution in [0.15, 0.2) is 49.1 Å². The molecule has 160 valence electrons. The molecule has 7 heteroatoms. The van der Waals surface area contributed by atoms with E-state index < -0.39 is 0 Å². The van der Waals surface area contributed by atoms with Gasteiger partial charge in [-0.15, -0.1) is 0 Å². The zero-order chi connectivity index (χ0) is 20.9. The fourth-order valence-corrected chi connectivity index (χ4v) is 5.81. The van der Waals surface area contributed by atoms with Gasteiger partial charge in [0.05, 0.1) is 11.7 Å². The number of phenols is 2. The molecule has 2 aromatic carbocycles. The molecule has 2 aliphatic carbocycles. The molecule has 3 aliphatic rings. The van der Waals surface area contributed by atoms with E-state index in [9.17, 15) is 10.2 Å². The number of aromatic nitrogens is 3. The second-order valence-corrected chi connectivity index (χ2v) is 9.18. The summed E-state index contributed by atoms with van der Waals surface area (Å²) >= 11 is 0. The quantitative estimate of drug-likeness (QED) is 0.675. The first-order valence-electron chi connectivity index (χ1n) is 11.0. The van der Waals surface area contributed by atoms with Crippen molar-refractivity contribution in [2.45, 2.75) is 37.8 Å². The Morgan fingerprint density at radius 3 is 2.48 bits per heavy atom. The van der Waals surface area contributed by atoms with E-state index >= 15 is 0 Å². The van der Waals surface area contributed by atoms with Gasteiger partial charge in [0.15, 0.2) is 0 Å². The minimum Gasteiger partial charge on any atom is -0.508 e. The van der Waals surface area contributed by atoms with Gasteiger partial charge in [0.25, 0.3) is 0 Å². The predicted molar refractivity (Wildman–Crippen MR) is 114 cm³/mol. The molecule has 2 N–H and O–H groups in total. The Hall–Kier alpha value is -3.06. The summed E-state index contributed by atoms with van der Waals surface area (Å²) in [6.45, 7) is 2.18. The van der Waals surface area contributed by atoms with Crippen molar-refractivity contribution >= 4 is 0 Å². The molecule has 1 saturated heterocycles. The lowest BCUT2D eigenvalue weighted by Crippen LogP contribution is -2.46. The van der Waals surface area contributed by atoms with Crippen molar-refractivity contribution in [2.24, 2.45) is 11.8 Å². The van der Waals surface area contributed by atoms with E-state index in [1.54, 1.807) is 17.1 Å². The number of rotatable bonds is 4. The molecule has 1 saturated carbocycles. The Bertz CT molecular complexity index is 1070. The van der Waals surface area contributed by atoms with Crippen molar-refractivity contribution in [3.8, 4) is 22.9 Å². The van der Waals surface area contributed by atoms with E-state index in [-0.39, 0.29) is 23.6 Å². The lowest BCUT2D eigenvalue weighted by atomic mass is 9.96. The number of likely N-dealkylation sites (tertiary alicyclic amines) is 1. The molecule has 1 aromatic heterocycles. The first-order chi connectivity index (χ1) is 15.1. The maximum absolute atomic E-state index is 10.5. The summed E-state index contributed by atoms with van der Waals surface area (Å²) in [5.41, 5.74) is 2.70. The number of phenolic OH excluding ortho intramolecular Hbond substituents is 2. The van der Waals surface area contributed by atoms with E-state index in [0.29, 0.717) is 0 Å². The molecule has 0 radical (unpaired) electrons. The molecule has 2 bridgehead atoms. The molecule has 0 amide bonds. The standard InChI is InChI=1S/C24H26N4O3/c29-18-8-21-20(23(30)9-18)10-22(27-11-15-1-2-16(7-15)12-27)24(21)31-19-5-3-17(4-6-19)28-14-25-13-26-28/h3-6,8-9,13-16,22,24,29-30H,1-2,7,10-12H2. The minimum atomic E-state index is -0.234. The molecule has 1 aliphatic heterocycles. The number of piperidine rings is 1. The van der Waals surface area contributed by atoms with Crippen LogP contribution in [0.25, 0.3) is 5.69 Å². The second-order valence-electron chi connectivity index (χ2n) is 9.18. The number of nitrogens with zero attached hydrogens (tertiary/aromatic N) is 4. The van der Waals surface area contributed by atoms with E-state index in [4.69, 9.17) is 4.74 Å². The zero-order valence-corrected chi connectivity index (χ0v) is 17.3. The van der Waals surface area contributed by atoms with Crippen LogP contribution < -0.4 is 4.74 Å². The predicted octanol–water partition coefficient (Wildman–Crippen LogP) is 3.46. The van der Waals surface area contributed by atoms with Crippen LogP contribution in [0.3, 0.4) is 0 Å². The fraction of sp³-hybridized carbons (Fsp3) is 0.417. The Kier molecular flexibility index (Phi) is 4.38. The molecular formula is C24H26N4O3. The van der Waals surface area contributed by atoms with Crippen LogP contribution in [0.1, 0.15) is 36.5 Å². The summed E-state index contributed by atoms with van der Waals surface area (Å²) in [6.07, 6.45) is 7.66. The van der Waals surface area contributed by atoms with Gasteiger partial charge in [-0.2, -0.15) is 5.10 Å². The van der Waals surface area contributed by atoms with Crippen LogP contribution in [0.4, 0.5) is 0 Å². The average Bonchev–Trinajstić information content (AvgIpc) is 3.49. The van der Waals surface area contributed by atoms with Crippen LogP contribution >= 0.6 is 0 Å². The summed E-state index contributed by atoms with van der Waals surface area (Å²) in [4.78, 5) is 6.56. The minimum absolute atomic E-state index is 0.0748. The maximum atomic E-state index is 10.5. The van der Waals surface area contributed by atoms with E-state index in [0.717, 1.165) is 53.9 Å². The number of hydrogen-bond acceptors (Lipinski definition) is 6. The van der Waals surface area contributed by atoms with Crippen molar-refractivity contribution in [1.82, 2.24) is 19.7 Å². The average molecular weight is 418 g/mol. The molecule has 3 aromatic rings. The Labute approximate surface area is 180 Å². The van der Waals surface area contributed by atoms with Gasteiger partial charge in [0.1, 0.15) is 36.0 Å². The summed E-state index contributed by atoms with van der Waals surface area (Å²) in [5, 5.41) is 24.8. The molecule has 4 atom stereocenters. The third-order valence-electron chi connectivity index (χ3n) is 7.20. The van der Waals surface area contributed by atoms with Gasteiger partial charge in [0.2, 0.25) is 0 Å². The molecule has 0 spiro atoms. The van der Waals surface area contributed by atoms with E-state index in [1.807, 2.05) is 24.3 Å². The van der Waals surface area contributed by atoms with Crippen molar-refractivity contribution < 1.29 is 14.9 Å². The number of hydrogen-bond donors (Lipinski definition) is 2. The Balaban J connectivity index is 1.31. The van der Waals surface area contributed by atoms with Gasteiger partial charge >= 0.3 is 0 Å². The molecule has 31 heavy (non-hydrogen) atoms. The second kappa shape index (κ2) is 7.27. The SMILES string of the molecule is Oc1cc(O)c2c(c1)C(Oc1ccc(-n3cncn3)cc1)C(N1CC3CCC(C3)C1)C2. The Morgan fingerprint density at radius 1 is 1.00 bits per heavy atom. The van der Waals surface area contributed by atoms with Crippen LogP contribution in [-0.4, -0.2) is 49.0 Å². The van der Waals surface area contributed by atoms with Crippen molar-refractivity contribution in [2.75, 3.05) is 13.1 Å². The van der Waals surface area contributed by atoms with Gasteiger partial charge in [-0.1, -0.05) is 0 Å². The normalized spacial score (nSPS) is 27.4. The van der Waals surface area contributed by atoms with Gasteiger partial charge in [-0.3, -0.25) is 4.90 Å². The molecule has 4 unspecified atom stereocenters.